The molecule has 0 bridgehead atoms. The van der Waals surface area contributed by atoms with Gasteiger partial charge >= 0.3 is 11.9 Å². The van der Waals surface area contributed by atoms with Crippen LogP contribution in [0.2, 0.25) is 0 Å². The summed E-state index contributed by atoms with van der Waals surface area (Å²) in [5, 5.41) is 8.98. The van der Waals surface area contributed by atoms with Gasteiger partial charge in [-0.05, 0) is 31.4 Å². The largest absolute Gasteiger partial charge is 0.481 e. The van der Waals surface area contributed by atoms with Crippen molar-refractivity contribution in [3.8, 4) is 5.75 Å². The van der Waals surface area contributed by atoms with Crippen LogP contribution in [0.3, 0.4) is 0 Å². The van der Waals surface area contributed by atoms with E-state index in [2.05, 4.69) is 0 Å². The van der Waals surface area contributed by atoms with Crippen LogP contribution in [0.5, 0.6) is 5.75 Å². The van der Waals surface area contributed by atoms with Gasteiger partial charge in [-0.2, -0.15) is 0 Å². The number of aliphatic carboxylic acids is 1. The lowest BCUT2D eigenvalue weighted by Crippen LogP contribution is -2.29. The van der Waals surface area contributed by atoms with E-state index in [0.717, 1.165) is 12.8 Å². The number of hydrogen-bond acceptors (Lipinski definition) is 3. The molecule has 4 nitrogen and oxygen atoms in total. The lowest BCUT2D eigenvalue weighted by molar-refractivity contribution is -0.146. The summed E-state index contributed by atoms with van der Waals surface area (Å²) >= 11 is 0. The number of ether oxygens (including phenoxy) is 1. The lowest BCUT2D eigenvalue weighted by atomic mass is 9.81. The zero-order valence-corrected chi connectivity index (χ0v) is 10.0. The molecule has 0 saturated heterocycles. The van der Waals surface area contributed by atoms with E-state index in [9.17, 15) is 9.59 Å². The molecule has 1 saturated carbocycles. The standard InChI is InChI=1S/C14H16O4/c15-13(16)10-5-4-6-11(9-10)14(17)18-12-7-2-1-3-8-12/h1-3,7-8,10-11H,4-6,9H2,(H,15,16). The second-order valence-electron chi connectivity index (χ2n) is 4.63. The van der Waals surface area contributed by atoms with Crippen molar-refractivity contribution in [3.63, 3.8) is 0 Å². The molecule has 0 heterocycles. The zero-order chi connectivity index (χ0) is 13.0. The molecule has 2 unspecified atom stereocenters. The molecule has 96 valence electrons. The number of carbonyl (C=O) groups is 2. The van der Waals surface area contributed by atoms with Crippen LogP contribution < -0.4 is 4.74 Å². The number of para-hydroxylation sites is 1. The topological polar surface area (TPSA) is 63.6 Å². The molecule has 1 fully saturated rings. The van der Waals surface area contributed by atoms with Gasteiger partial charge in [-0.3, -0.25) is 9.59 Å². The summed E-state index contributed by atoms with van der Waals surface area (Å²) in [5.74, 6) is -1.31. The van der Waals surface area contributed by atoms with Crippen molar-refractivity contribution in [3.05, 3.63) is 30.3 Å². The number of esters is 1. The summed E-state index contributed by atoms with van der Waals surface area (Å²) in [6, 6.07) is 8.87. The summed E-state index contributed by atoms with van der Waals surface area (Å²) < 4.78 is 5.25. The number of hydrogen-bond donors (Lipinski definition) is 1. The van der Waals surface area contributed by atoms with E-state index < -0.39 is 11.9 Å². The van der Waals surface area contributed by atoms with E-state index in [1.807, 2.05) is 6.07 Å². The number of benzene rings is 1. The van der Waals surface area contributed by atoms with Crippen molar-refractivity contribution in [2.24, 2.45) is 11.8 Å². The Bertz CT molecular complexity index is 427. The number of carboxylic acids is 1. The van der Waals surface area contributed by atoms with Gasteiger partial charge in [0.1, 0.15) is 5.75 Å². The first kappa shape index (κ1) is 12.6. The van der Waals surface area contributed by atoms with Crippen LogP contribution in [0.1, 0.15) is 25.7 Å². The second-order valence-corrected chi connectivity index (χ2v) is 4.63. The molecular formula is C14H16O4. The fraction of sp³-hybridized carbons (Fsp3) is 0.429. The minimum absolute atomic E-state index is 0.292. The number of carbonyl (C=O) groups excluding carboxylic acids is 1. The summed E-state index contributed by atoms with van der Waals surface area (Å²) in [6.07, 6.45) is 2.53. The van der Waals surface area contributed by atoms with E-state index in [4.69, 9.17) is 9.84 Å². The average molecular weight is 248 g/mol. The van der Waals surface area contributed by atoms with Crippen molar-refractivity contribution in [2.75, 3.05) is 0 Å². The maximum atomic E-state index is 11.9. The van der Waals surface area contributed by atoms with Gasteiger partial charge in [-0.25, -0.2) is 0 Å². The third-order valence-electron chi connectivity index (χ3n) is 3.32. The molecular weight excluding hydrogens is 232 g/mol. The van der Waals surface area contributed by atoms with E-state index in [1.165, 1.54) is 0 Å². The molecule has 4 heteroatoms. The predicted molar refractivity (Wildman–Crippen MR) is 65.2 cm³/mol. The number of rotatable bonds is 3. The van der Waals surface area contributed by atoms with Gasteiger partial charge in [0.15, 0.2) is 0 Å². The predicted octanol–water partition coefficient (Wildman–Crippen LogP) is 2.48. The fourth-order valence-corrected chi connectivity index (χ4v) is 2.32. The molecule has 0 aliphatic heterocycles. The monoisotopic (exact) mass is 248 g/mol. The van der Waals surface area contributed by atoms with E-state index in [1.54, 1.807) is 24.3 Å². The maximum Gasteiger partial charge on any atom is 0.314 e. The molecule has 0 spiro atoms. The van der Waals surface area contributed by atoms with Crippen molar-refractivity contribution in [1.29, 1.82) is 0 Å². The summed E-state index contributed by atoms with van der Waals surface area (Å²) in [7, 11) is 0. The van der Waals surface area contributed by atoms with Crippen molar-refractivity contribution in [1.82, 2.24) is 0 Å². The number of carboxylic acid groups (broad SMARTS) is 1. The Morgan fingerprint density at radius 2 is 1.78 bits per heavy atom. The lowest BCUT2D eigenvalue weighted by Gasteiger charge is -2.24. The van der Waals surface area contributed by atoms with Gasteiger partial charge in [0.05, 0.1) is 11.8 Å². The molecule has 0 aromatic heterocycles. The van der Waals surface area contributed by atoms with Gasteiger partial charge in [-0.15, -0.1) is 0 Å². The van der Waals surface area contributed by atoms with Gasteiger partial charge < -0.3 is 9.84 Å². The Morgan fingerprint density at radius 3 is 2.44 bits per heavy atom. The minimum atomic E-state index is -0.813. The van der Waals surface area contributed by atoms with Crippen LogP contribution in [-0.4, -0.2) is 17.0 Å². The van der Waals surface area contributed by atoms with Crippen LogP contribution in [0, 0.1) is 11.8 Å². The molecule has 2 rings (SSSR count). The molecule has 18 heavy (non-hydrogen) atoms. The second kappa shape index (κ2) is 5.67. The summed E-state index contributed by atoms with van der Waals surface area (Å²) in [6.45, 7) is 0. The Hall–Kier alpha value is -1.84. The van der Waals surface area contributed by atoms with Crippen LogP contribution in [0.4, 0.5) is 0 Å². The molecule has 1 aromatic carbocycles. The van der Waals surface area contributed by atoms with Gasteiger partial charge in [0.2, 0.25) is 0 Å². The Kier molecular flexibility index (Phi) is 3.97. The molecule has 0 radical (unpaired) electrons. The third-order valence-corrected chi connectivity index (χ3v) is 3.32. The van der Waals surface area contributed by atoms with E-state index >= 15 is 0 Å². The Balaban J connectivity index is 1.95. The van der Waals surface area contributed by atoms with Gasteiger partial charge in [-0.1, -0.05) is 24.6 Å². The van der Waals surface area contributed by atoms with Crippen LogP contribution in [0.15, 0.2) is 30.3 Å². The fourth-order valence-electron chi connectivity index (χ4n) is 2.32. The zero-order valence-electron chi connectivity index (χ0n) is 10.0. The van der Waals surface area contributed by atoms with Gasteiger partial charge in [0, 0.05) is 0 Å². The first-order chi connectivity index (χ1) is 8.66. The first-order valence-corrected chi connectivity index (χ1v) is 6.16. The van der Waals surface area contributed by atoms with Crippen molar-refractivity contribution >= 4 is 11.9 Å². The summed E-state index contributed by atoms with van der Waals surface area (Å²) in [4.78, 5) is 22.8. The molecule has 0 amide bonds. The molecule has 1 N–H and O–H groups in total. The minimum Gasteiger partial charge on any atom is -0.481 e. The molecule has 1 aliphatic rings. The van der Waals surface area contributed by atoms with Crippen molar-refractivity contribution < 1.29 is 19.4 Å². The van der Waals surface area contributed by atoms with Crippen molar-refractivity contribution in [2.45, 2.75) is 25.7 Å². The van der Waals surface area contributed by atoms with Crippen LogP contribution >= 0.6 is 0 Å². The normalized spacial score (nSPS) is 23.3. The van der Waals surface area contributed by atoms with E-state index in [0.29, 0.717) is 18.6 Å². The smallest absolute Gasteiger partial charge is 0.314 e. The van der Waals surface area contributed by atoms with Crippen LogP contribution in [0.25, 0.3) is 0 Å². The quantitative estimate of drug-likeness (QED) is 0.659. The third kappa shape index (κ3) is 3.09. The molecule has 1 aliphatic carbocycles. The highest BCUT2D eigenvalue weighted by Gasteiger charge is 2.32. The Labute approximate surface area is 106 Å². The molecule has 1 aromatic rings. The molecule has 2 atom stereocenters. The summed E-state index contributed by atoms with van der Waals surface area (Å²) in [5.41, 5.74) is 0. The first-order valence-electron chi connectivity index (χ1n) is 6.16. The van der Waals surface area contributed by atoms with Gasteiger partial charge in [0.25, 0.3) is 0 Å². The maximum absolute atomic E-state index is 11.9. The average Bonchev–Trinajstić information content (AvgIpc) is 2.40. The highest BCUT2D eigenvalue weighted by molar-refractivity contribution is 5.77. The Morgan fingerprint density at radius 1 is 1.11 bits per heavy atom. The SMILES string of the molecule is O=C(O)C1CCCC(C(=O)Oc2ccccc2)C1. The highest BCUT2D eigenvalue weighted by atomic mass is 16.5. The van der Waals surface area contributed by atoms with E-state index in [-0.39, 0.29) is 11.9 Å². The highest BCUT2D eigenvalue weighted by Crippen LogP contribution is 2.30. The van der Waals surface area contributed by atoms with Crippen LogP contribution in [-0.2, 0) is 9.59 Å².